The van der Waals surface area contributed by atoms with Crippen molar-refractivity contribution in [3.05, 3.63) is 29.7 Å². The van der Waals surface area contributed by atoms with Crippen LogP contribution in [-0.4, -0.2) is 34.0 Å². The van der Waals surface area contributed by atoms with E-state index in [1.165, 1.54) is 0 Å². The van der Waals surface area contributed by atoms with E-state index in [1.807, 2.05) is 12.1 Å². The molecule has 0 radical (unpaired) electrons. The van der Waals surface area contributed by atoms with Gasteiger partial charge in [-0.1, -0.05) is 6.07 Å². The zero-order valence-electron chi connectivity index (χ0n) is 8.76. The second kappa shape index (κ2) is 3.68. The minimum absolute atomic E-state index is 0.374. The third kappa shape index (κ3) is 1.40. The molecule has 16 heavy (non-hydrogen) atoms. The predicted octanol–water partition coefficient (Wildman–Crippen LogP) is 0.619. The van der Waals surface area contributed by atoms with Crippen molar-refractivity contribution in [3.8, 4) is 0 Å². The summed E-state index contributed by atoms with van der Waals surface area (Å²) >= 11 is 0. The summed E-state index contributed by atoms with van der Waals surface area (Å²) < 4.78 is 1.61. The van der Waals surface area contributed by atoms with E-state index < -0.39 is 0 Å². The van der Waals surface area contributed by atoms with Gasteiger partial charge in [0.1, 0.15) is 5.69 Å². The van der Waals surface area contributed by atoms with E-state index in [1.54, 1.807) is 10.6 Å². The molecule has 0 aliphatic carbocycles. The molecule has 82 valence electrons. The van der Waals surface area contributed by atoms with E-state index in [4.69, 9.17) is 0 Å². The Balaban J connectivity index is 2.11. The Morgan fingerprint density at radius 3 is 3.19 bits per heavy atom. The van der Waals surface area contributed by atoms with Gasteiger partial charge in [-0.3, -0.25) is 4.79 Å². The molecule has 0 spiro atoms. The number of rotatable bonds is 2. The summed E-state index contributed by atoms with van der Waals surface area (Å²) in [4.78, 5) is 15.3. The molecule has 5 nitrogen and oxygen atoms in total. The molecule has 3 rings (SSSR count). The number of carbonyl (C=O) groups is 1. The van der Waals surface area contributed by atoms with Crippen LogP contribution < -0.4 is 5.32 Å². The zero-order chi connectivity index (χ0) is 11.0. The SMILES string of the molecule is O=Cc1cccc2nc(C3CCNC3)nn12. The van der Waals surface area contributed by atoms with Gasteiger partial charge in [-0.05, 0) is 25.1 Å². The molecular formula is C11H12N4O. The third-order valence-electron chi connectivity index (χ3n) is 2.95. The fraction of sp³-hybridized carbons (Fsp3) is 0.364. The number of hydrogen-bond acceptors (Lipinski definition) is 4. The largest absolute Gasteiger partial charge is 0.316 e. The van der Waals surface area contributed by atoms with Crippen LogP contribution >= 0.6 is 0 Å². The Bertz CT molecular complexity index is 528. The second-order valence-electron chi connectivity index (χ2n) is 4.00. The summed E-state index contributed by atoms with van der Waals surface area (Å²) in [5.41, 5.74) is 1.29. The molecule has 2 aromatic rings. The van der Waals surface area contributed by atoms with Crippen LogP contribution in [0, 0.1) is 0 Å². The normalized spacial score (nSPS) is 20.4. The Morgan fingerprint density at radius 1 is 1.50 bits per heavy atom. The molecule has 3 heterocycles. The maximum Gasteiger partial charge on any atom is 0.168 e. The van der Waals surface area contributed by atoms with Crippen LogP contribution in [0.5, 0.6) is 0 Å². The fourth-order valence-electron chi connectivity index (χ4n) is 2.08. The highest BCUT2D eigenvalue weighted by Crippen LogP contribution is 2.19. The first-order chi connectivity index (χ1) is 7.88. The average Bonchev–Trinajstić information content (AvgIpc) is 2.96. The Morgan fingerprint density at radius 2 is 2.44 bits per heavy atom. The summed E-state index contributed by atoms with van der Waals surface area (Å²) in [6.07, 6.45) is 1.87. The molecule has 1 N–H and O–H groups in total. The van der Waals surface area contributed by atoms with E-state index in [9.17, 15) is 4.79 Å². The maximum absolute atomic E-state index is 10.9. The predicted molar refractivity (Wildman–Crippen MR) is 58.6 cm³/mol. The smallest absolute Gasteiger partial charge is 0.168 e. The average molecular weight is 216 g/mol. The van der Waals surface area contributed by atoms with Crippen LogP contribution in [0.4, 0.5) is 0 Å². The van der Waals surface area contributed by atoms with E-state index in [0.717, 1.165) is 37.3 Å². The molecule has 1 saturated heterocycles. The van der Waals surface area contributed by atoms with E-state index in [-0.39, 0.29) is 0 Å². The van der Waals surface area contributed by atoms with Crippen LogP contribution in [0.1, 0.15) is 28.7 Å². The number of nitrogens with zero attached hydrogens (tertiary/aromatic N) is 3. The quantitative estimate of drug-likeness (QED) is 0.747. The standard InChI is InChI=1S/C11H12N4O/c16-7-9-2-1-3-10-13-11(14-15(9)10)8-4-5-12-6-8/h1-3,7-8,12H,4-6H2. The highest BCUT2D eigenvalue weighted by molar-refractivity contribution is 5.73. The number of carbonyl (C=O) groups excluding carboxylic acids is 1. The molecule has 0 saturated carbocycles. The van der Waals surface area contributed by atoms with Crippen LogP contribution in [0.2, 0.25) is 0 Å². The van der Waals surface area contributed by atoms with Gasteiger partial charge in [0.2, 0.25) is 0 Å². The zero-order valence-corrected chi connectivity index (χ0v) is 8.76. The van der Waals surface area contributed by atoms with Gasteiger partial charge < -0.3 is 5.32 Å². The van der Waals surface area contributed by atoms with Gasteiger partial charge in [0.05, 0.1) is 0 Å². The first-order valence-corrected chi connectivity index (χ1v) is 5.40. The lowest BCUT2D eigenvalue weighted by molar-refractivity contribution is 0.111. The molecule has 5 heteroatoms. The molecule has 1 aliphatic rings. The van der Waals surface area contributed by atoms with Crippen molar-refractivity contribution in [2.75, 3.05) is 13.1 Å². The molecule has 0 amide bonds. The lowest BCUT2D eigenvalue weighted by Crippen LogP contribution is -2.09. The number of nitrogens with one attached hydrogen (secondary N) is 1. The van der Waals surface area contributed by atoms with Gasteiger partial charge in [-0.2, -0.15) is 5.10 Å². The highest BCUT2D eigenvalue weighted by Gasteiger charge is 2.21. The van der Waals surface area contributed by atoms with E-state index >= 15 is 0 Å². The lowest BCUT2D eigenvalue weighted by Gasteiger charge is -1.99. The highest BCUT2D eigenvalue weighted by atomic mass is 16.1. The Kier molecular flexibility index (Phi) is 2.18. The van der Waals surface area contributed by atoms with Crippen molar-refractivity contribution >= 4 is 11.9 Å². The van der Waals surface area contributed by atoms with Gasteiger partial charge in [0.25, 0.3) is 0 Å². The summed E-state index contributed by atoms with van der Waals surface area (Å²) in [5.74, 6) is 1.21. The van der Waals surface area contributed by atoms with Crippen molar-refractivity contribution in [1.82, 2.24) is 19.9 Å². The summed E-state index contributed by atoms with van der Waals surface area (Å²) in [6.45, 7) is 1.94. The van der Waals surface area contributed by atoms with Crippen molar-refractivity contribution in [2.45, 2.75) is 12.3 Å². The molecule has 1 aliphatic heterocycles. The maximum atomic E-state index is 10.9. The van der Waals surface area contributed by atoms with Crippen molar-refractivity contribution in [1.29, 1.82) is 0 Å². The Hall–Kier alpha value is -1.75. The van der Waals surface area contributed by atoms with Crippen molar-refractivity contribution in [2.24, 2.45) is 0 Å². The van der Waals surface area contributed by atoms with E-state index in [2.05, 4.69) is 15.4 Å². The first kappa shape index (κ1) is 9.47. The lowest BCUT2D eigenvalue weighted by atomic mass is 10.1. The third-order valence-corrected chi connectivity index (χ3v) is 2.95. The minimum atomic E-state index is 0.374. The molecule has 2 aromatic heterocycles. The van der Waals surface area contributed by atoms with Gasteiger partial charge in [0, 0.05) is 12.5 Å². The molecule has 1 unspecified atom stereocenters. The van der Waals surface area contributed by atoms with Crippen LogP contribution in [0.25, 0.3) is 5.65 Å². The van der Waals surface area contributed by atoms with Gasteiger partial charge in [-0.15, -0.1) is 0 Å². The summed E-state index contributed by atoms with van der Waals surface area (Å²) in [6, 6.07) is 5.43. The number of pyridine rings is 1. The van der Waals surface area contributed by atoms with Gasteiger partial charge in [0.15, 0.2) is 17.8 Å². The van der Waals surface area contributed by atoms with Crippen LogP contribution in [-0.2, 0) is 0 Å². The summed E-state index contributed by atoms with van der Waals surface area (Å²) in [7, 11) is 0. The molecule has 0 bridgehead atoms. The second-order valence-corrected chi connectivity index (χ2v) is 4.00. The fourth-order valence-corrected chi connectivity index (χ4v) is 2.08. The minimum Gasteiger partial charge on any atom is -0.316 e. The molecule has 1 atom stereocenters. The number of fused-ring (bicyclic) bond motifs is 1. The molecule has 1 fully saturated rings. The number of hydrogen-bond donors (Lipinski definition) is 1. The first-order valence-electron chi connectivity index (χ1n) is 5.40. The molecular weight excluding hydrogens is 204 g/mol. The summed E-state index contributed by atoms with van der Waals surface area (Å²) in [5, 5.41) is 7.68. The van der Waals surface area contributed by atoms with E-state index in [0.29, 0.717) is 11.6 Å². The van der Waals surface area contributed by atoms with Crippen molar-refractivity contribution < 1.29 is 4.79 Å². The van der Waals surface area contributed by atoms with Crippen molar-refractivity contribution in [3.63, 3.8) is 0 Å². The Labute approximate surface area is 92.5 Å². The number of aldehydes is 1. The van der Waals surface area contributed by atoms with Gasteiger partial charge in [-0.25, -0.2) is 9.50 Å². The van der Waals surface area contributed by atoms with Crippen LogP contribution in [0.15, 0.2) is 18.2 Å². The van der Waals surface area contributed by atoms with Gasteiger partial charge >= 0.3 is 0 Å². The van der Waals surface area contributed by atoms with Crippen LogP contribution in [0.3, 0.4) is 0 Å². The monoisotopic (exact) mass is 216 g/mol. The number of aromatic nitrogens is 3. The topological polar surface area (TPSA) is 59.3 Å². The molecule has 0 aromatic carbocycles.